The van der Waals surface area contributed by atoms with Crippen LogP contribution in [-0.2, 0) is 0 Å². The minimum atomic E-state index is 0.688. The van der Waals surface area contributed by atoms with Gasteiger partial charge in [-0.3, -0.25) is 4.98 Å². The molecule has 0 saturated heterocycles. The second-order valence-electron chi connectivity index (χ2n) is 8.94. The number of para-hydroxylation sites is 2. The fraction of sp³-hybridized carbons (Fsp3) is 0. The highest BCUT2D eigenvalue weighted by Gasteiger charge is 2.14. The standard InChI is InChI=1S/C33H21N3/c1-2-8-22(9-3-1)24-15-16-26-21-27(18-17-25(26)20-24)32-28-12-4-5-14-30(28)35-33(36-32)29-13-6-10-23-11-7-19-34-31(23)29/h1-21H. The highest BCUT2D eigenvalue weighted by molar-refractivity contribution is 5.99. The molecule has 2 heterocycles. The maximum atomic E-state index is 5.11. The fourth-order valence-corrected chi connectivity index (χ4v) is 4.90. The molecule has 0 atom stereocenters. The molecule has 7 aromatic rings. The average molecular weight is 460 g/mol. The maximum absolute atomic E-state index is 5.11. The third-order valence-corrected chi connectivity index (χ3v) is 6.70. The molecule has 168 valence electrons. The molecular weight excluding hydrogens is 438 g/mol. The fourth-order valence-electron chi connectivity index (χ4n) is 4.90. The number of benzene rings is 5. The van der Waals surface area contributed by atoms with Gasteiger partial charge in [0.1, 0.15) is 0 Å². The molecule has 2 aromatic heterocycles. The summed E-state index contributed by atoms with van der Waals surface area (Å²) in [6.45, 7) is 0. The maximum Gasteiger partial charge on any atom is 0.162 e. The first-order valence-corrected chi connectivity index (χ1v) is 12.0. The zero-order valence-electron chi connectivity index (χ0n) is 19.5. The van der Waals surface area contributed by atoms with Crippen LogP contribution in [0.15, 0.2) is 128 Å². The summed E-state index contributed by atoms with van der Waals surface area (Å²) in [6, 6.07) is 42.1. The van der Waals surface area contributed by atoms with Gasteiger partial charge in [0.15, 0.2) is 5.82 Å². The van der Waals surface area contributed by atoms with Crippen LogP contribution in [0, 0.1) is 0 Å². The van der Waals surface area contributed by atoms with E-state index < -0.39 is 0 Å². The lowest BCUT2D eigenvalue weighted by Crippen LogP contribution is -1.96. The summed E-state index contributed by atoms with van der Waals surface area (Å²) in [7, 11) is 0. The number of aromatic nitrogens is 3. The minimum Gasteiger partial charge on any atom is -0.255 e. The molecule has 7 rings (SSSR count). The first-order chi connectivity index (χ1) is 17.8. The van der Waals surface area contributed by atoms with Gasteiger partial charge >= 0.3 is 0 Å². The van der Waals surface area contributed by atoms with Gasteiger partial charge < -0.3 is 0 Å². The van der Waals surface area contributed by atoms with E-state index in [2.05, 4.69) is 96.0 Å². The van der Waals surface area contributed by atoms with Gasteiger partial charge in [-0.15, -0.1) is 0 Å². The monoisotopic (exact) mass is 459 g/mol. The molecule has 0 fully saturated rings. The van der Waals surface area contributed by atoms with Gasteiger partial charge in [0.25, 0.3) is 0 Å². The van der Waals surface area contributed by atoms with Crippen molar-refractivity contribution in [1.29, 1.82) is 0 Å². The predicted molar refractivity (Wildman–Crippen MR) is 149 cm³/mol. The summed E-state index contributed by atoms with van der Waals surface area (Å²) in [4.78, 5) is 14.7. The van der Waals surface area contributed by atoms with Gasteiger partial charge in [0.05, 0.1) is 16.7 Å². The van der Waals surface area contributed by atoms with Crippen LogP contribution in [0.1, 0.15) is 0 Å². The molecular formula is C33H21N3. The average Bonchev–Trinajstić information content (AvgIpc) is 2.96. The lowest BCUT2D eigenvalue weighted by Gasteiger charge is -2.12. The van der Waals surface area contributed by atoms with E-state index in [1.54, 1.807) is 0 Å². The summed E-state index contributed by atoms with van der Waals surface area (Å²) in [5.41, 5.74) is 7.21. The summed E-state index contributed by atoms with van der Waals surface area (Å²) < 4.78 is 0. The van der Waals surface area contributed by atoms with Gasteiger partial charge in [-0.1, -0.05) is 91.0 Å². The summed E-state index contributed by atoms with van der Waals surface area (Å²) in [5, 5.41) is 4.50. The van der Waals surface area contributed by atoms with Gasteiger partial charge in [-0.2, -0.15) is 0 Å². The van der Waals surface area contributed by atoms with Crippen LogP contribution in [0.5, 0.6) is 0 Å². The molecule has 0 aliphatic rings. The second-order valence-corrected chi connectivity index (χ2v) is 8.94. The van der Waals surface area contributed by atoms with Crippen LogP contribution >= 0.6 is 0 Å². The van der Waals surface area contributed by atoms with Gasteiger partial charge in [0, 0.05) is 28.1 Å². The van der Waals surface area contributed by atoms with E-state index in [9.17, 15) is 0 Å². The SMILES string of the molecule is c1ccc(-c2ccc3cc(-c4nc(-c5cccc6cccnc56)nc5ccccc45)ccc3c2)cc1. The van der Waals surface area contributed by atoms with Crippen molar-refractivity contribution in [2.75, 3.05) is 0 Å². The Bertz CT molecular complexity index is 1890. The molecule has 0 saturated carbocycles. The third-order valence-electron chi connectivity index (χ3n) is 6.70. The van der Waals surface area contributed by atoms with Gasteiger partial charge in [-0.25, -0.2) is 9.97 Å². The Hall–Kier alpha value is -4.89. The normalized spacial score (nSPS) is 11.3. The van der Waals surface area contributed by atoms with Crippen molar-refractivity contribution >= 4 is 32.6 Å². The lowest BCUT2D eigenvalue weighted by molar-refractivity contribution is 1.23. The van der Waals surface area contributed by atoms with Crippen molar-refractivity contribution in [3.63, 3.8) is 0 Å². The minimum absolute atomic E-state index is 0.688. The van der Waals surface area contributed by atoms with Crippen LogP contribution in [0.4, 0.5) is 0 Å². The van der Waals surface area contributed by atoms with Gasteiger partial charge in [-0.05, 0) is 52.2 Å². The Morgan fingerprint density at radius 3 is 2.11 bits per heavy atom. The van der Waals surface area contributed by atoms with Gasteiger partial charge in [0.2, 0.25) is 0 Å². The third kappa shape index (κ3) is 3.50. The molecule has 0 aliphatic carbocycles. The Morgan fingerprint density at radius 1 is 0.472 bits per heavy atom. The molecule has 0 aliphatic heterocycles. The molecule has 0 bridgehead atoms. The highest BCUT2D eigenvalue weighted by Crippen LogP contribution is 2.33. The smallest absolute Gasteiger partial charge is 0.162 e. The highest BCUT2D eigenvalue weighted by atomic mass is 14.9. The van der Waals surface area contributed by atoms with E-state index >= 15 is 0 Å². The van der Waals surface area contributed by atoms with Crippen molar-refractivity contribution in [3.05, 3.63) is 128 Å². The number of hydrogen-bond acceptors (Lipinski definition) is 3. The van der Waals surface area contributed by atoms with E-state index in [0.29, 0.717) is 5.82 Å². The summed E-state index contributed by atoms with van der Waals surface area (Å²) >= 11 is 0. The first-order valence-electron chi connectivity index (χ1n) is 12.0. The summed E-state index contributed by atoms with van der Waals surface area (Å²) in [6.07, 6.45) is 1.82. The Morgan fingerprint density at radius 2 is 1.22 bits per heavy atom. The summed E-state index contributed by atoms with van der Waals surface area (Å²) in [5.74, 6) is 0.688. The Kier molecular flexibility index (Phi) is 4.78. The second kappa shape index (κ2) is 8.40. The molecule has 3 heteroatoms. The first kappa shape index (κ1) is 20.5. The van der Waals surface area contributed by atoms with Crippen LogP contribution in [-0.4, -0.2) is 15.0 Å². The van der Waals surface area contributed by atoms with Crippen LogP contribution in [0.3, 0.4) is 0 Å². The number of fused-ring (bicyclic) bond motifs is 3. The zero-order valence-corrected chi connectivity index (χ0v) is 19.5. The van der Waals surface area contributed by atoms with E-state index in [1.165, 1.54) is 21.9 Å². The Labute approximate surface area is 208 Å². The lowest BCUT2D eigenvalue weighted by atomic mass is 9.98. The Balaban J connectivity index is 1.41. The van der Waals surface area contributed by atoms with Crippen molar-refractivity contribution in [1.82, 2.24) is 15.0 Å². The van der Waals surface area contributed by atoms with E-state index in [4.69, 9.17) is 9.97 Å². The van der Waals surface area contributed by atoms with Crippen LogP contribution in [0.25, 0.3) is 66.4 Å². The number of pyridine rings is 1. The molecule has 0 amide bonds. The van der Waals surface area contributed by atoms with Crippen LogP contribution < -0.4 is 0 Å². The van der Waals surface area contributed by atoms with Crippen molar-refractivity contribution in [2.24, 2.45) is 0 Å². The van der Waals surface area contributed by atoms with Crippen LogP contribution in [0.2, 0.25) is 0 Å². The molecule has 36 heavy (non-hydrogen) atoms. The van der Waals surface area contributed by atoms with E-state index in [-0.39, 0.29) is 0 Å². The zero-order chi connectivity index (χ0) is 23.9. The number of rotatable bonds is 3. The topological polar surface area (TPSA) is 38.7 Å². The number of nitrogens with zero attached hydrogens (tertiary/aromatic N) is 3. The van der Waals surface area contributed by atoms with Crippen molar-refractivity contribution in [3.8, 4) is 33.8 Å². The molecule has 0 unspecified atom stereocenters. The van der Waals surface area contributed by atoms with E-state index in [0.717, 1.165) is 38.6 Å². The molecule has 5 aromatic carbocycles. The largest absolute Gasteiger partial charge is 0.255 e. The molecule has 0 radical (unpaired) electrons. The quantitative estimate of drug-likeness (QED) is 0.267. The van der Waals surface area contributed by atoms with Crippen molar-refractivity contribution in [2.45, 2.75) is 0 Å². The number of hydrogen-bond donors (Lipinski definition) is 0. The predicted octanol–water partition coefficient (Wildman–Crippen LogP) is 8.33. The van der Waals surface area contributed by atoms with Crippen molar-refractivity contribution < 1.29 is 0 Å². The molecule has 3 nitrogen and oxygen atoms in total. The van der Waals surface area contributed by atoms with E-state index in [1.807, 2.05) is 36.5 Å². The molecule has 0 spiro atoms. The molecule has 0 N–H and O–H groups in total.